The van der Waals surface area contributed by atoms with E-state index in [4.69, 9.17) is 0 Å². The van der Waals surface area contributed by atoms with E-state index < -0.39 is 34.8 Å². The molecule has 2 rings (SSSR count). The van der Waals surface area contributed by atoms with Crippen LogP contribution >= 0.6 is 12.6 Å². The van der Waals surface area contributed by atoms with Gasteiger partial charge in [0.05, 0.1) is 0 Å². The van der Waals surface area contributed by atoms with E-state index in [1.165, 1.54) is 31.3 Å². The molecule has 7 heteroatoms. The highest BCUT2D eigenvalue weighted by molar-refractivity contribution is 7.80. The number of hydrogen-bond acceptors (Lipinski definition) is 2. The third kappa shape index (κ3) is 2.33. The Balaban J connectivity index is 2.60. The van der Waals surface area contributed by atoms with Crippen LogP contribution < -0.4 is 4.90 Å². The fraction of sp³-hybridized carbons (Fsp3) is 0.0769. The van der Waals surface area contributed by atoms with Crippen molar-refractivity contribution in [1.82, 2.24) is 0 Å². The van der Waals surface area contributed by atoms with Crippen LogP contribution in [0, 0.1) is 29.1 Å². The van der Waals surface area contributed by atoms with Crippen molar-refractivity contribution in [3.63, 3.8) is 0 Å². The van der Waals surface area contributed by atoms with Crippen LogP contribution in [0.25, 0.3) is 0 Å². The molecule has 2 aromatic carbocycles. The van der Waals surface area contributed by atoms with Crippen molar-refractivity contribution in [3.05, 3.63) is 53.4 Å². The summed E-state index contributed by atoms with van der Waals surface area (Å²) in [6, 6.07) is 5.95. The molecule has 0 heterocycles. The normalized spacial score (nSPS) is 10.8. The van der Waals surface area contributed by atoms with Gasteiger partial charge in [0.25, 0.3) is 0 Å². The van der Waals surface area contributed by atoms with Crippen molar-refractivity contribution >= 4 is 24.0 Å². The number of benzene rings is 2. The average molecular weight is 305 g/mol. The van der Waals surface area contributed by atoms with E-state index in [2.05, 4.69) is 12.6 Å². The smallest absolute Gasteiger partial charge is 0.200 e. The van der Waals surface area contributed by atoms with Crippen LogP contribution in [0.3, 0.4) is 0 Å². The second-order valence-corrected chi connectivity index (χ2v) is 4.51. The van der Waals surface area contributed by atoms with E-state index in [0.717, 1.165) is 4.90 Å². The molecule has 0 N–H and O–H groups in total. The van der Waals surface area contributed by atoms with Crippen molar-refractivity contribution in [1.29, 1.82) is 0 Å². The maximum atomic E-state index is 13.6. The van der Waals surface area contributed by atoms with Crippen LogP contribution in [0.2, 0.25) is 0 Å². The monoisotopic (exact) mass is 305 g/mol. The van der Waals surface area contributed by atoms with Gasteiger partial charge in [0.1, 0.15) is 5.69 Å². The highest BCUT2D eigenvalue weighted by atomic mass is 32.1. The fourth-order valence-corrected chi connectivity index (χ4v) is 1.84. The Kier molecular flexibility index (Phi) is 3.89. The predicted octanol–water partition coefficient (Wildman–Crippen LogP) is 4.44. The van der Waals surface area contributed by atoms with Gasteiger partial charge in [0, 0.05) is 17.6 Å². The van der Waals surface area contributed by atoms with Gasteiger partial charge in [-0.3, -0.25) is 0 Å². The van der Waals surface area contributed by atoms with Crippen molar-refractivity contribution in [3.8, 4) is 0 Å². The number of thiol groups is 1. The van der Waals surface area contributed by atoms with Crippen LogP contribution in [0.1, 0.15) is 0 Å². The van der Waals surface area contributed by atoms with Gasteiger partial charge >= 0.3 is 0 Å². The molecule has 0 aromatic heterocycles. The second-order valence-electron chi connectivity index (χ2n) is 3.99. The molecule has 0 saturated carbocycles. The van der Waals surface area contributed by atoms with E-state index in [1.807, 2.05) is 0 Å². The molecule has 0 atom stereocenters. The largest absolute Gasteiger partial charge is 0.340 e. The Morgan fingerprint density at radius 1 is 0.750 bits per heavy atom. The van der Waals surface area contributed by atoms with Gasteiger partial charge in [-0.2, -0.15) is 0 Å². The molecule has 0 aliphatic carbocycles. The summed E-state index contributed by atoms with van der Waals surface area (Å²) in [6.07, 6.45) is 0. The summed E-state index contributed by atoms with van der Waals surface area (Å²) < 4.78 is 66.5. The van der Waals surface area contributed by atoms with Gasteiger partial charge in [-0.25, -0.2) is 22.0 Å². The van der Waals surface area contributed by atoms with E-state index in [1.54, 1.807) is 0 Å². The number of nitrogens with zero attached hydrogens (tertiary/aromatic N) is 1. The molecule has 2 aromatic rings. The third-order valence-corrected chi connectivity index (χ3v) is 3.06. The summed E-state index contributed by atoms with van der Waals surface area (Å²) in [5.74, 6) is -9.88. The lowest BCUT2D eigenvalue weighted by Gasteiger charge is -2.21. The zero-order chi connectivity index (χ0) is 15.0. The first-order chi connectivity index (χ1) is 9.34. The van der Waals surface area contributed by atoms with Crippen LogP contribution in [-0.2, 0) is 0 Å². The average Bonchev–Trinajstić information content (AvgIpc) is 2.44. The molecular weight excluding hydrogens is 297 g/mol. The SMILES string of the molecule is CN(c1ccc(S)cc1)c1c(F)c(F)c(F)c(F)c1F. The lowest BCUT2D eigenvalue weighted by atomic mass is 10.2. The molecule has 106 valence electrons. The molecule has 0 aliphatic heterocycles. The molecule has 0 saturated heterocycles. The van der Waals surface area contributed by atoms with Crippen LogP contribution in [0.5, 0.6) is 0 Å². The van der Waals surface area contributed by atoms with Gasteiger partial charge in [0.15, 0.2) is 23.3 Å². The van der Waals surface area contributed by atoms with E-state index in [0.29, 0.717) is 4.90 Å². The minimum Gasteiger partial charge on any atom is -0.340 e. The molecule has 1 nitrogen and oxygen atoms in total. The van der Waals surface area contributed by atoms with Gasteiger partial charge in [-0.15, -0.1) is 12.6 Å². The van der Waals surface area contributed by atoms with Crippen LogP contribution in [-0.4, -0.2) is 7.05 Å². The molecule has 0 amide bonds. The highest BCUT2D eigenvalue weighted by Gasteiger charge is 2.28. The van der Waals surface area contributed by atoms with Crippen molar-refractivity contribution in [2.45, 2.75) is 4.90 Å². The summed E-state index contributed by atoms with van der Waals surface area (Å²) in [5, 5.41) is 0. The minimum atomic E-state index is -2.18. The minimum absolute atomic E-state index is 0.256. The van der Waals surface area contributed by atoms with Gasteiger partial charge in [-0.05, 0) is 24.3 Å². The molecule has 0 fully saturated rings. The number of anilines is 2. The summed E-state index contributed by atoms with van der Waals surface area (Å²) in [4.78, 5) is 1.48. The van der Waals surface area contributed by atoms with Crippen molar-refractivity contribution < 1.29 is 22.0 Å². The quantitative estimate of drug-likeness (QED) is 0.371. The van der Waals surface area contributed by atoms with Crippen LogP contribution in [0.4, 0.5) is 33.3 Å². The Bertz CT molecular complexity index is 628. The predicted molar refractivity (Wildman–Crippen MR) is 68.0 cm³/mol. The summed E-state index contributed by atoms with van der Waals surface area (Å²) >= 11 is 4.04. The van der Waals surface area contributed by atoms with Gasteiger partial charge in [-0.1, -0.05) is 0 Å². The Labute approximate surface area is 117 Å². The first-order valence-corrected chi connectivity index (χ1v) is 5.83. The van der Waals surface area contributed by atoms with Crippen LogP contribution in [0.15, 0.2) is 29.2 Å². The maximum Gasteiger partial charge on any atom is 0.200 e. The standard InChI is InChI=1S/C13H8F5NS/c1-19(6-2-4-7(20)5-3-6)13-11(17)9(15)8(14)10(16)12(13)18/h2-5,20H,1H3. The molecule has 20 heavy (non-hydrogen) atoms. The topological polar surface area (TPSA) is 3.24 Å². The Morgan fingerprint density at radius 2 is 1.15 bits per heavy atom. The van der Waals surface area contributed by atoms with Crippen molar-refractivity contribution in [2.24, 2.45) is 0 Å². The first kappa shape index (κ1) is 14.6. The lowest BCUT2D eigenvalue weighted by Crippen LogP contribution is -2.16. The van der Waals surface area contributed by atoms with Gasteiger partial charge < -0.3 is 4.90 Å². The summed E-state index contributed by atoms with van der Waals surface area (Å²) in [6.45, 7) is 0. The second kappa shape index (κ2) is 5.32. The zero-order valence-corrected chi connectivity index (χ0v) is 11.0. The van der Waals surface area contributed by atoms with E-state index in [-0.39, 0.29) is 5.69 Å². The number of halogens is 5. The maximum absolute atomic E-state index is 13.6. The Morgan fingerprint density at radius 3 is 1.60 bits per heavy atom. The molecule has 0 radical (unpaired) electrons. The summed E-state index contributed by atoms with van der Waals surface area (Å²) in [7, 11) is 1.20. The van der Waals surface area contributed by atoms with E-state index in [9.17, 15) is 22.0 Å². The molecular formula is C13H8F5NS. The number of rotatable bonds is 2. The molecule has 0 aliphatic rings. The van der Waals surface area contributed by atoms with E-state index >= 15 is 0 Å². The number of hydrogen-bond donors (Lipinski definition) is 1. The summed E-state index contributed by atoms with van der Waals surface area (Å²) in [5.41, 5.74) is -0.751. The molecule has 0 unspecified atom stereocenters. The first-order valence-electron chi connectivity index (χ1n) is 5.38. The fourth-order valence-electron chi connectivity index (χ4n) is 1.69. The van der Waals surface area contributed by atoms with Gasteiger partial charge in [0.2, 0.25) is 5.82 Å². The Hall–Kier alpha value is -1.76. The zero-order valence-electron chi connectivity index (χ0n) is 10.1. The lowest BCUT2D eigenvalue weighted by molar-refractivity contribution is 0.380. The van der Waals surface area contributed by atoms with Crippen molar-refractivity contribution in [2.75, 3.05) is 11.9 Å². The molecule has 0 spiro atoms. The highest BCUT2D eigenvalue weighted by Crippen LogP contribution is 2.33. The third-order valence-electron chi connectivity index (χ3n) is 2.76. The molecule has 0 bridgehead atoms.